The van der Waals surface area contributed by atoms with Crippen molar-refractivity contribution in [1.29, 1.82) is 0 Å². The van der Waals surface area contributed by atoms with Gasteiger partial charge in [-0.05, 0) is 29.7 Å². The van der Waals surface area contributed by atoms with Crippen molar-refractivity contribution in [2.75, 3.05) is 27.7 Å². The lowest BCUT2D eigenvalue weighted by molar-refractivity contribution is 0.519. The van der Waals surface area contributed by atoms with Gasteiger partial charge in [-0.2, -0.15) is 0 Å². The molecule has 2 N–H and O–H groups in total. The fourth-order valence-corrected chi connectivity index (χ4v) is 3.63. The van der Waals surface area contributed by atoms with Crippen LogP contribution < -0.4 is 10.6 Å². The van der Waals surface area contributed by atoms with E-state index in [1.165, 1.54) is 24.5 Å². The van der Waals surface area contributed by atoms with Gasteiger partial charge in [0.25, 0.3) is 0 Å². The van der Waals surface area contributed by atoms with Gasteiger partial charge in [-0.3, -0.25) is 4.99 Å². The Bertz CT molecular complexity index is 904. The normalized spacial score (nSPS) is 11.8. The van der Waals surface area contributed by atoms with Crippen LogP contribution >= 0.6 is 24.0 Å². The Morgan fingerprint density at radius 1 is 1.04 bits per heavy atom. The van der Waals surface area contributed by atoms with Crippen molar-refractivity contribution >= 4 is 40.0 Å². The minimum absolute atomic E-state index is 0. The maximum Gasteiger partial charge on any atom is 0.242 e. The molecule has 0 aliphatic heterocycles. The van der Waals surface area contributed by atoms with Crippen LogP contribution in [0.15, 0.2) is 58.4 Å². The third kappa shape index (κ3) is 6.42. The molecule has 6 nitrogen and oxygen atoms in total. The topological polar surface area (TPSA) is 73.8 Å². The van der Waals surface area contributed by atoms with E-state index >= 15 is 0 Å². The van der Waals surface area contributed by atoms with Gasteiger partial charge >= 0.3 is 0 Å². The van der Waals surface area contributed by atoms with Crippen molar-refractivity contribution in [3.63, 3.8) is 0 Å². The number of benzene rings is 2. The van der Waals surface area contributed by atoms with E-state index in [9.17, 15) is 12.8 Å². The highest BCUT2D eigenvalue weighted by Crippen LogP contribution is 2.18. The fourth-order valence-electron chi connectivity index (χ4n) is 2.51. The predicted molar refractivity (Wildman–Crippen MR) is 121 cm³/mol. The first-order valence-corrected chi connectivity index (χ1v) is 9.98. The summed E-state index contributed by atoms with van der Waals surface area (Å²) >= 11 is 0. The summed E-state index contributed by atoms with van der Waals surface area (Å²) in [5.41, 5.74) is 1.27. The highest BCUT2D eigenvalue weighted by Gasteiger charge is 2.20. The number of halogens is 2. The molecule has 0 heterocycles. The van der Waals surface area contributed by atoms with E-state index in [1.54, 1.807) is 49.5 Å². The van der Waals surface area contributed by atoms with Gasteiger partial charge in [0.2, 0.25) is 10.0 Å². The van der Waals surface area contributed by atoms with Gasteiger partial charge in [-0.1, -0.05) is 36.4 Å². The van der Waals surface area contributed by atoms with E-state index in [2.05, 4.69) is 15.6 Å². The van der Waals surface area contributed by atoms with Crippen LogP contribution in [0.2, 0.25) is 0 Å². The summed E-state index contributed by atoms with van der Waals surface area (Å²) in [4.78, 5) is 4.38. The van der Waals surface area contributed by atoms with E-state index < -0.39 is 10.0 Å². The summed E-state index contributed by atoms with van der Waals surface area (Å²) in [5.74, 6) is 0.286. The Hall–Kier alpha value is -1.72. The lowest BCUT2D eigenvalue weighted by Crippen LogP contribution is -2.38. The van der Waals surface area contributed by atoms with Crippen molar-refractivity contribution in [1.82, 2.24) is 14.9 Å². The molecular formula is C19H26FIN4O2S. The molecule has 0 aromatic heterocycles. The van der Waals surface area contributed by atoms with Crippen molar-refractivity contribution in [2.24, 2.45) is 4.99 Å². The standard InChI is InChI=1S/C19H25FN4O2S.HI/c1-21-19(22-13-12-15-8-4-6-10-17(15)20)23-14-16-9-5-7-11-18(16)27(25,26)24(2)3;/h4-11H,12-14H2,1-3H3,(H2,21,22,23);1H. The first kappa shape index (κ1) is 24.3. The van der Waals surface area contributed by atoms with Crippen LogP contribution in [0.1, 0.15) is 11.1 Å². The third-order valence-corrected chi connectivity index (χ3v) is 5.96. The Morgan fingerprint density at radius 3 is 2.25 bits per heavy atom. The number of hydrogen-bond acceptors (Lipinski definition) is 3. The molecule has 0 fully saturated rings. The highest BCUT2D eigenvalue weighted by atomic mass is 127. The number of aliphatic imine (C=N–C) groups is 1. The summed E-state index contributed by atoms with van der Waals surface area (Å²) < 4.78 is 39.7. The van der Waals surface area contributed by atoms with E-state index in [1.807, 2.05) is 0 Å². The molecule has 2 aromatic carbocycles. The monoisotopic (exact) mass is 520 g/mol. The van der Waals surface area contributed by atoms with Gasteiger partial charge in [0.15, 0.2) is 5.96 Å². The van der Waals surface area contributed by atoms with Gasteiger partial charge in [0, 0.05) is 34.2 Å². The maximum absolute atomic E-state index is 13.7. The molecule has 0 saturated carbocycles. The molecule has 0 aliphatic carbocycles. The van der Waals surface area contributed by atoms with Gasteiger partial charge in [-0.25, -0.2) is 17.1 Å². The molecule has 0 saturated heterocycles. The Morgan fingerprint density at radius 2 is 1.64 bits per heavy atom. The number of nitrogens with zero attached hydrogens (tertiary/aromatic N) is 2. The molecule has 154 valence electrons. The Labute approximate surface area is 183 Å². The van der Waals surface area contributed by atoms with Crippen molar-refractivity contribution < 1.29 is 12.8 Å². The second-order valence-corrected chi connectivity index (χ2v) is 8.21. The lowest BCUT2D eigenvalue weighted by Gasteiger charge is -2.17. The molecule has 28 heavy (non-hydrogen) atoms. The minimum atomic E-state index is -3.53. The SMILES string of the molecule is CN=C(NCCc1ccccc1F)NCc1ccccc1S(=O)(=O)N(C)C.I. The van der Waals surface area contributed by atoms with E-state index in [0.717, 1.165) is 0 Å². The first-order chi connectivity index (χ1) is 12.9. The second kappa shape index (κ2) is 11.3. The van der Waals surface area contributed by atoms with Crippen LogP contribution in [0.5, 0.6) is 0 Å². The average molecular weight is 520 g/mol. The lowest BCUT2D eigenvalue weighted by atomic mass is 10.1. The molecule has 0 unspecified atom stereocenters. The number of hydrogen-bond donors (Lipinski definition) is 2. The van der Waals surface area contributed by atoms with E-state index in [-0.39, 0.29) is 34.7 Å². The molecule has 0 aliphatic rings. The number of sulfonamides is 1. The molecular weight excluding hydrogens is 494 g/mol. The van der Waals surface area contributed by atoms with Crippen LogP contribution in [-0.4, -0.2) is 46.4 Å². The summed E-state index contributed by atoms with van der Waals surface area (Å²) in [5, 5.41) is 6.21. The molecule has 0 amide bonds. The third-order valence-electron chi connectivity index (χ3n) is 4.05. The number of guanidine groups is 1. The van der Waals surface area contributed by atoms with Gasteiger partial charge in [0.1, 0.15) is 5.82 Å². The summed E-state index contributed by atoms with van der Waals surface area (Å²) in [6, 6.07) is 13.5. The Balaban J connectivity index is 0.00000392. The molecule has 2 aromatic rings. The zero-order valence-electron chi connectivity index (χ0n) is 16.1. The van der Waals surface area contributed by atoms with E-state index in [4.69, 9.17) is 0 Å². The quantitative estimate of drug-likeness (QED) is 0.335. The summed E-state index contributed by atoms with van der Waals surface area (Å²) in [6.07, 6.45) is 0.513. The number of rotatable bonds is 7. The fraction of sp³-hybridized carbons (Fsp3) is 0.316. The summed E-state index contributed by atoms with van der Waals surface area (Å²) in [6.45, 7) is 0.793. The average Bonchev–Trinajstić information content (AvgIpc) is 2.66. The Kier molecular flexibility index (Phi) is 9.83. The molecule has 0 spiro atoms. The smallest absolute Gasteiger partial charge is 0.242 e. The molecule has 2 rings (SSSR count). The summed E-state index contributed by atoms with van der Waals surface area (Å²) in [7, 11) is 1.10. The zero-order chi connectivity index (χ0) is 19.9. The van der Waals surface area contributed by atoms with Crippen molar-refractivity contribution in [2.45, 2.75) is 17.9 Å². The number of nitrogens with one attached hydrogen (secondary N) is 2. The highest BCUT2D eigenvalue weighted by molar-refractivity contribution is 14.0. The van der Waals surface area contributed by atoms with Crippen LogP contribution in [0.4, 0.5) is 4.39 Å². The molecule has 9 heteroatoms. The predicted octanol–water partition coefficient (Wildman–Crippen LogP) is 2.60. The zero-order valence-corrected chi connectivity index (χ0v) is 19.3. The van der Waals surface area contributed by atoms with Crippen molar-refractivity contribution in [3.05, 3.63) is 65.5 Å². The maximum atomic E-state index is 13.7. The largest absolute Gasteiger partial charge is 0.356 e. The first-order valence-electron chi connectivity index (χ1n) is 8.54. The van der Waals surface area contributed by atoms with Crippen molar-refractivity contribution in [3.8, 4) is 0 Å². The minimum Gasteiger partial charge on any atom is -0.356 e. The molecule has 0 atom stereocenters. The van der Waals surface area contributed by atoms with Gasteiger partial charge in [0.05, 0.1) is 4.90 Å². The molecule has 0 bridgehead atoms. The van der Waals surface area contributed by atoms with E-state index in [0.29, 0.717) is 36.6 Å². The van der Waals surface area contributed by atoms with Gasteiger partial charge < -0.3 is 10.6 Å². The van der Waals surface area contributed by atoms with Crippen LogP contribution in [0, 0.1) is 5.82 Å². The van der Waals surface area contributed by atoms with Crippen LogP contribution in [0.3, 0.4) is 0 Å². The van der Waals surface area contributed by atoms with Crippen LogP contribution in [0.25, 0.3) is 0 Å². The van der Waals surface area contributed by atoms with Crippen LogP contribution in [-0.2, 0) is 23.0 Å². The second-order valence-electron chi connectivity index (χ2n) is 6.09. The van der Waals surface area contributed by atoms with Gasteiger partial charge in [-0.15, -0.1) is 24.0 Å². The molecule has 0 radical (unpaired) electrons.